The number of hydrogen-bond donors (Lipinski definition) is 2. The second kappa shape index (κ2) is 11.2. The SMILES string of the molecule is CN=C(NCCc1cccnc1)NCc1ccc(CN(C)C(=O)OC(C)(C)C)cc1. The maximum Gasteiger partial charge on any atom is 0.410 e. The number of guanidine groups is 1. The van der Waals surface area contributed by atoms with Crippen LogP contribution < -0.4 is 10.6 Å². The number of carbonyl (C=O) groups is 1. The Labute approximate surface area is 179 Å². The third-order valence-electron chi connectivity index (χ3n) is 4.26. The van der Waals surface area contributed by atoms with Crippen LogP contribution in [0.3, 0.4) is 0 Å². The summed E-state index contributed by atoms with van der Waals surface area (Å²) < 4.78 is 5.39. The van der Waals surface area contributed by atoms with Crippen LogP contribution in [0.5, 0.6) is 0 Å². The highest BCUT2D eigenvalue weighted by molar-refractivity contribution is 5.79. The van der Waals surface area contributed by atoms with Crippen molar-refractivity contribution in [3.05, 3.63) is 65.5 Å². The summed E-state index contributed by atoms with van der Waals surface area (Å²) in [6.45, 7) is 7.53. The summed E-state index contributed by atoms with van der Waals surface area (Å²) in [7, 11) is 3.50. The van der Waals surface area contributed by atoms with Crippen molar-refractivity contribution in [2.75, 3.05) is 20.6 Å². The third kappa shape index (κ3) is 8.51. The molecule has 0 saturated carbocycles. The van der Waals surface area contributed by atoms with E-state index in [1.807, 2.05) is 57.3 Å². The summed E-state index contributed by atoms with van der Waals surface area (Å²) in [6, 6.07) is 12.2. The Morgan fingerprint density at radius 2 is 1.80 bits per heavy atom. The van der Waals surface area contributed by atoms with Crippen molar-refractivity contribution in [1.29, 1.82) is 0 Å². The second-order valence-corrected chi connectivity index (χ2v) is 8.12. The number of amides is 1. The molecule has 0 radical (unpaired) electrons. The lowest BCUT2D eigenvalue weighted by Gasteiger charge is -2.24. The van der Waals surface area contributed by atoms with E-state index in [0.29, 0.717) is 13.1 Å². The molecule has 1 amide bonds. The van der Waals surface area contributed by atoms with Crippen molar-refractivity contribution in [3.63, 3.8) is 0 Å². The Balaban J connectivity index is 1.77. The number of carbonyl (C=O) groups excluding carboxylic acids is 1. The van der Waals surface area contributed by atoms with E-state index in [4.69, 9.17) is 4.74 Å². The van der Waals surface area contributed by atoms with E-state index < -0.39 is 5.60 Å². The zero-order chi connectivity index (χ0) is 22.0. The van der Waals surface area contributed by atoms with E-state index in [9.17, 15) is 4.79 Å². The minimum absolute atomic E-state index is 0.325. The quantitative estimate of drug-likeness (QED) is 0.540. The van der Waals surface area contributed by atoms with Crippen LogP contribution in [0.15, 0.2) is 53.8 Å². The minimum Gasteiger partial charge on any atom is -0.444 e. The van der Waals surface area contributed by atoms with Gasteiger partial charge in [-0.3, -0.25) is 9.98 Å². The molecule has 30 heavy (non-hydrogen) atoms. The largest absolute Gasteiger partial charge is 0.444 e. The zero-order valence-electron chi connectivity index (χ0n) is 18.6. The van der Waals surface area contributed by atoms with Crippen LogP contribution in [-0.4, -0.2) is 48.2 Å². The van der Waals surface area contributed by atoms with Gasteiger partial charge in [-0.05, 0) is 49.9 Å². The Kier molecular flexibility index (Phi) is 8.65. The standard InChI is InChI=1S/C23H33N5O2/c1-23(2,3)30-22(29)28(5)17-20-10-8-19(9-11-20)16-27-21(24-4)26-14-12-18-7-6-13-25-15-18/h6-11,13,15H,12,14,16-17H2,1-5H3,(H2,24,26,27). The first-order valence-electron chi connectivity index (χ1n) is 10.1. The molecule has 162 valence electrons. The molecule has 1 heterocycles. The Hall–Kier alpha value is -3.09. The molecule has 0 saturated heterocycles. The highest BCUT2D eigenvalue weighted by atomic mass is 16.6. The van der Waals surface area contributed by atoms with Gasteiger partial charge in [0.1, 0.15) is 5.60 Å². The predicted molar refractivity (Wildman–Crippen MR) is 120 cm³/mol. The summed E-state index contributed by atoms with van der Waals surface area (Å²) in [6.07, 6.45) is 4.21. The van der Waals surface area contributed by atoms with Crippen molar-refractivity contribution < 1.29 is 9.53 Å². The van der Waals surface area contributed by atoms with E-state index in [1.165, 1.54) is 5.56 Å². The number of aromatic nitrogens is 1. The van der Waals surface area contributed by atoms with Gasteiger partial charge in [0, 0.05) is 46.1 Å². The topological polar surface area (TPSA) is 78.9 Å². The van der Waals surface area contributed by atoms with Gasteiger partial charge < -0.3 is 20.3 Å². The predicted octanol–water partition coefficient (Wildman–Crippen LogP) is 3.36. The average Bonchev–Trinajstić information content (AvgIpc) is 2.71. The molecule has 0 spiro atoms. The summed E-state index contributed by atoms with van der Waals surface area (Å²) in [5, 5.41) is 6.62. The molecule has 2 rings (SSSR count). The number of nitrogens with zero attached hydrogens (tertiary/aromatic N) is 3. The molecule has 2 aromatic rings. The number of benzene rings is 1. The number of nitrogens with one attached hydrogen (secondary N) is 2. The number of hydrogen-bond acceptors (Lipinski definition) is 4. The van der Waals surface area contributed by atoms with E-state index in [-0.39, 0.29) is 6.09 Å². The molecule has 1 aromatic carbocycles. The molecule has 0 atom stereocenters. The van der Waals surface area contributed by atoms with Gasteiger partial charge in [0.05, 0.1) is 0 Å². The zero-order valence-corrected chi connectivity index (χ0v) is 18.6. The van der Waals surface area contributed by atoms with Gasteiger partial charge in [0.15, 0.2) is 5.96 Å². The van der Waals surface area contributed by atoms with Crippen molar-refractivity contribution in [1.82, 2.24) is 20.5 Å². The van der Waals surface area contributed by atoms with Crippen LogP contribution in [0.2, 0.25) is 0 Å². The van der Waals surface area contributed by atoms with Crippen LogP contribution in [0.1, 0.15) is 37.5 Å². The van der Waals surface area contributed by atoms with Crippen molar-refractivity contribution in [2.45, 2.75) is 45.9 Å². The third-order valence-corrected chi connectivity index (χ3v) is 4.26. The Morgan fingerprint density at radius 3 is 2.40 bits per heavy atom. The number of ether oxygens (including phenoxy) is 1. The summed E-state index contributed by atoms with van der Waals surface area (Å²) in [5.41, 5.74) is 2.87. The Bertz CT molecular complexity index is 814. The lowest BCUT2D eigenvalue weighted by atomic mass is 10.1. The lowest BCUT2D eigenvalue weighted by molar-refractivity contribution is 0.0285. The molecule has 0 unspecified atom stereocenters. The molecule has 2 N–H and O–H groups in total. The first-order valence-corrected chi connectivity index (χ1v) is 10.1. The summed E-state index contributed by atoms with van der Waals surface area (Å²) >= 11 is 0. The minimum atomic E-state index is -0.495. The van der Waals surface area contributed by atoms with E-state index in [2.05, 4.69) is 26.7 Å². The van der Waals surface area contributed by atoms with E-state index >= 15 is 0 Å². The highest BCUT2D eigenvalue weighted by Gasteiger charge is 2.19. The second-order valence-electron chi connectivity index (χ2n) is 8.12. The number of pyridine rings is 1. The van der Waals surface area contributed by atoms with Crippen LogP contribution >= 0.6 is 0 Å². The molecular weight excluding hydrogens is 378 g/mol. The maximum atomic E-state index is 12.1. The van der Waals surface area contributed by atoms with Gasteiger partial charge in [-0.25, -0.2) is 4.79 Å². The monoisotopic (exact) mass is 411 g/mol. The maximum absolute atomic E-state index is 12.1. The molecular formula is C23H33N5O2. The van der Waals surface area contributed by atoms with Crippen LogP contribution in [0.4, 0.5) is 4.79 Å². The van der Waals surface area contributed by atoms with Crippen molar-refractivity contribution >= 4 is 12.1 Å². The smallest absolute Gasteiger partial charge is 0.410 e. The Morgan fingerprint density at radius 1 is 1.10 bits per heavy atom. The fourth-order valence-corrected chi connectivity index (χ4v) is 2.72. The molecule has 0 bridgehead atoms. The fourth-order valence-electron chi connectivity index (χ4n) is 2.72. The van der Waals surface area contributed by atoms with Crippen LogP contribution in [0, 0.1) is 0 Å². The molecule has 7 nitrogen and oxygen atoms in total. The number of rotatable bonds is 7. The molecule has 7 heteroatoms. The van der Waals surface area contributed by atoms with Gasteiger partial charge in [-0.15, -0.1) is 0 Å². The molecule has 0 aliphatic carbocycles. The van der Waals surface area contributed by atoms with Gasteiger partial charge in [0.25, 0.3) is 0 Å². The first kappa shape index (κ1) is 23.2. The fraction of sp³-hybridized carbons (Fsp3) is 0.435. The van der Waals surface area contributed by atoms with Gasteiger partial charge in [-0.1, -0.05) is 30.3 Å². The van der Waals surface area contributed by atoms with Crippen molar-refractivity contribution in [2.24, 2.45) is 4.99 Å². The van der Waals surface area contributed by atoms with Gasteiger partial charge in [0.2, 0.25) is 0 Å². The summed E-state index contributed by atoms with van der Waals surface area (Å²) in [5.74, 6) is 0.757. The highest BCUT2D eigenvalue weighted by Crippen LogP contribution is 2.12. The van der Waals surface area contributed by atoms with Crippen LogP contribution in [0.25, 0.3) is 0 Å². The van der Waals surface area contributed by atoms with E-state index in [1.54, 1.807) is 25.2 Å². The molecule has 0 aliphatic heterocycles. The normalized spacial score (nSPS) is 11.7. The molecule has 1 aromatic heterocycles. The summed E-state index contributed by atoms with van der Waals surface area (Å²) in [4.78, 5) is 22.1. The first-order chi connectivity index (χ1) is 14.3. The lowest BCUT2D eigenvalue weighted by Crippen LogP contribution is -2.37. The van der Waals surface area contributed by atoms with Crippen LogP contribution in [-0.2, 0) is 24.2 Å². The van der Waals surface area contributed by atoms with Crippen molar-refractivity contribution in [3.8, 4) is 0 Å². The molecule has 0 fully saturated rings. The number of aliphatic imine (C=N–C) groups is 1. The van der Waals surface area contributed by atoms with Gasteiger partial charge in [-0.2, -0.15) is 0 Å². The molecule has 0 aliphatic rings. The van der Waals surface area contributed by atoms with E-state index in [0.717, 1.165) is 30.1 Å². The van der Waals surface area contributed by atoms with Gasteiger partial charge >= 0.3 is 6.09 Å². The average molecular weight is 412 g/mol.